The monoisotopic (exact) mass is 186 g/mol. The first kappa shape index (κ1) is 8.38. The molecule has 3 nitrogen and oxygen atoms in total. The lowest BCUT2D eigenvalue weighted by Crippen LogP contribution is -2.43. The summed E-state index contributed by atoms with van der Waals surface area (Å²) in [4.78, 5) is 13.6. The van der Waals surface area contributed by atoms with Gasteiger partial charge < -0.3 is 10.6 Å². The molecule has 2 heterocycles. The predicted molar refractivity (Wildman–Crippen MR) is 49.8 cm³/mol. The molecule has 0 radical (unpaired) electrons. The maximum Gasteiger partial charge on any atom is 0.240 e. The van der Waals surface area contributed by atoms with Crippen molar-refractivity contribution in [2.24, 2.45) is 5.73 Å². The van der Waals surface area contributed by atoms with Gasteiger partial charge in [0.1, 0.15) is 0 Å². The van der Waals surface area contributed by atoms with Crippen LogP contribution in [0, 0.1) is 0 Å². The number of nitrogens with two attached hydrogens (primary N) is 1. The van der Waals surface area contributed by atoms with Gasteiger partial charge in [-0.3, -0.25) is 4.79 Å². The fourth-order valence-electron chi connectivity index (χ4n) is 1.86. The highest BCUT2D eigenvalue weighted by molar-refractivity contribution is 8.00. The number of rotatable bonds is 0. The van der Waals surface area contributed by atoms with Crippen molar-refractivity contribution in [1.29, 1.82) is 0 Å². The molecule has 2 aliphatic heterocycles. The SMILES string of the molecule is NC1CCCC2SCCN2C1=O. The van der Waals surface area contributed by atoms with E-state index >= 15 is 0 Å². The van der Waals surface area contributed by atoms with Gasteiger partial charge >= 0.3 is 0 Å². The van der Waals surface area contributed by atoms with E-state index in [9.17, 15) is 4.79 Å². The van der Waals surface area contributed by atoms with Gasteiger partial charge in [-0.15, -0.1) is 11.8 Å². The minimum absolute atomic E-state index is 0.169. The molecule has 0 bridgehead atoms. The first-order chi connectivity index (χ1) is 5.79. The summed E-state index contributed by atoms with van der Waals surface area (Å²) in [5.41, 5.74) is 5.73. The van der Waals surface area contributed by atoms with Gasteiger partial charge in [-0.05, 0) is 19.3 Å². The predicted octanol–water partition coefficient (Wildman–Crippen LogP) is 0.399. The molecule has 68 valence electrons. The Kier molecular flexibility index (Phi) is 2.28. The zero-order chi connectivity index (χ0) is 8.55. The molecule has 2 fully saturated rings. The highest BCUT2D eigenvalue weighted by atomic mass is 32.2. The molecule has 1 amide bonds. The standard InChI is InChI=1S/C8H14N2OS/c9-6-2-1-3-7-10(8(6)11)4-5-12-7/h6-7H,1-5,9H2. The number of fused-ring (bicyclic) bond motifs is 1. The molecule has 0 aliphatic carbocycles. The quantitative estimate of drug-likeness (QED) is 0.595. The second kappa shape index (κ2) is 3.26. The van der Waals surface area contributed by atoms with Crippen molar-refractivity contribution >= 4 is 17.7 Å². The van der Waals surface area contributed by atoms with Crippen LogP contribution in [0.2, 0.25) is 0 Å². The number of carbonyl (C=O) groups excluding carboxylic acids is 1. The molecule has 2 N–H and O–H groups in total. The first-order valence-electron chi connectivity index (χ1n) is 4.47. The van der Waals surface area contributed by atoms with Gasteiger partial charge in [-0.2, -0.15) is 0 Å². The fourth-order valence-corrected chi connectivity index (χ4v) is 3.16. The van der Waals surface area contributed by atoms with E-state index in [4.69, 9.17) is 5.73 Å². The summed E-state index contributed by atoms with van der Waals surface area (Å²) in [5.74, 6) is 1.26. The van der Waals surface area contributed by atoms with E-state index in [1.165, 1.54) is 0 Å². The zero-order valence-electron chi connectivity index (χ0n) is 7.03. The van der Waals surface area contributed by atoms with Gasteiger partial charge in [0, 0.05) is 12.3 Å². The smallest absolute Gasteiger partial charge is 0.240 e. The Labute approximate surface area is 76.7 Å². The summed E-state index contributed by atoms with van der Waals surface area (Å²) in [6.45, 7) is 0.905. The Morgan fingerprint density at radius 1 is 1.50 bits per heavy atom. The van der Waals surface area contributed by atoms with Gasteiger partial charge in [-0.1, -0.05) is 0 Å². The molecule has 2 aliphatic rings. The van der Waals surface area contributed by atoms with E-state index < -0.39 is 0 Å². The van der Waals surface area contributed by atoms with Crippen LogP contribution in [0.3, 0.4) is 0 Å². The van der Waals surface area contributed by atoms with E-state index in [1.54, 1.807) is 0 Å². The van der Waals surface area contributed by atoms with Crippen molar-refractivity contribution in [1.82, 2.24) is 4.90 Å². The molecule has 12 heavy (non-hydrogen) atoms. The number of hydrogen-bond donors (Lipinski definition) is 1. The number of hydrogen-bond acceptors (Lipinski definition) is 3. The molecule has 2 atom stereocenters. The van der Waals surface area contributed by atoms with Crippen LogP contribution in [0.4, 0.5) is 0 Å². The van der Waals surface area contributed by atoms with Gasteiger partial charge in [0.25, 0.3) is 0 Å². The highest BCUT2D eigenvalue weighted by Crippen LogP contribution is 2.30. The molecular weight excluding hydrogens is 172 g/mol. The molecule has 0 saturated carbocycles. The maximum atomic E-state index is 11.6. The summed E-state index contributed by atoms with van der Waals surface area (Å²) in [5, 5.41) is 0.436. The molecule has 0 aromatic carbocycles. The minimum Gasteiger partial charge on any atom is -0.329 e. The lowest BCUT2D eigenvalue weighted by atomic mass is 10.1. The Morgan fingerprint density at radius 3 is 3.17 bits per heavy atom. The summed E-state index contributed by atoms with van der Waals surface area (Å²) < 4.78 is 0. The Morgan fingerprint density at radius 2 is 2.33 bits per heavy atom. The van der Waals surface area contributed by atoms with Crippen molar-refractivity contribution in [3.8, 4) is 0 Å². The average molecular weight is 186 g/mol. The third-order valence-corrected chi connectivity index (χ3v) is 3.85. The largest absolute Gasteiger partial charge is 0.329 e. The van der Waals surface area contributed by atoms with Crippen LogP contribution in [0.1, 0.15) is 19.3 Å². The van der Waals surface area contributed by atoms with Gasteiger partial charge in [-0.25, -0.2) is 0 Å². The van der Waals surface area contributed by atoms with Crippen molar-refractivity contribution in [3.63, 3.8) is 0 Å². The van der Waals surface area contributed by atoms with Gasteiger partial charge in [0.2, 0.25) is 5.91 Å². The van der Waals surface area contributed by atoms with E-state index in [1.807, 2.05) is 16.7 Å². The Hall–Kier alpha value is -0.220. The third kappa shape index (κ3) is 1.33. The van der Waals surface area contributed by atoms with E-state index in [2.05, 4.69) is 0 Å². The molecule has 4 heteroatoms. The molecule has 2 saturated heterocycles. The molecule has 0 aromatic rings. The molecule has 0 spiro atoms. The van der Waals surface area contributed by atoms with Crippen LogP contribution < -0.4 is 5.73 Å². The lowest BCUT2D eigenvalue weighted by molar-refractivity contribution is -0.132. The fraction of sp³-hybridized carbons (Fsp3) is 0.875. The average Bonchev–Trinajstić information content (AvgIpc) is 2.46. The van der Waals surface area contributed by atoms with Crippen LogP contribution in [-0.4, -0.2) is 34.5 Å². The zero-order valence-corrected chi connectivity index (χ0v) is 7.85. The Bertz CT molecular complexity index is 197. The topological polar surface area (TPSA) is 46.3 Å². The van der Waals surface area contributed by atoms with E-state index in [0.717, 1.165) is 31.6 Å². The van der Waals surface area contributed by atoms with Gasteiger partial charge in [0.05, 0.1) is 11.4 Å². The summed E-state index contributed by atoms with van der Waals surface area (Å²) in [6, 6.07) is -0.228. The summed E-state index contributed by atoms with van der Waals surface area (Å²) >= 11 is 1.89. The normalized spacial score (nSPS) is 36.4. The van der Waals surface area contributed by atoms with Crippen molar-refractivity contribution in [2.45, 2.75) is 30.7 Å². The van der Waals surface area contributed by atoms with E-state index in [0.29, 0.717) is 5.37 Å². The minimum atomic E-state index is -0.228. The van der Waals surface area contributed by atoms with Crippen LogP contribution in [0.5, 0.6) is 0 Å². The molecule has 0 aromatic heterocycles. The van der Waals surface area contributed by atoms with Crippen LogP contribution in [-0.2, 0) is 4.79 Å². The van der Waals surface area contributed by atoms with Crippen LogP contribution in [0.15, 0.2) is 0 Å². The van der Waals surface area contributed by atoms with E-state index in [-0.39, 0.29) is 11.9 Å². The Balaban J connectivity index is 2.13. The van der Waals surface area contributed by atoms with Gasteiger partial charge in [0.15, 0.2) is 0 Å². The van der Waals surface area contributed by atoms with Crippen LogP contribution in [0.25, 0.3) is 0 Å². The maximum absolute atomic E-state index is 11.6. The van der Waals surface area contributed by atoms with Crippen molar-refractivity contribution < 1.29 is 4.79 Å². The first-order valence-corrected chi connectivity index (χ1v) is 5.51. The molecule has 2 unspecified atom stereocenters. The summed E-state index contributed by atoms with van der Waals surface area (Å²) in [7, 11) is 0. The lowest BCUT2D eigenvalue weighted by Gasteiger charge is -2.22. The highest BCUT2D eigenvalue weighted by Gasteiger charge is 2.34. The second-order valence-corrected chi connectivity index (χ2v) is 4.68. The second-order valence-electron chi connectivity index (χ2n) is 3.39. The summed E-state index contributed by atoms with van der Waals surface area (Å²) in [6.07, 6.45) is 3.09. The number of thioether (sulfide) groups is 1. The number of nitrogens with zero attached hydrogens (tertiary/aromatic N) is 1. The number of carbonyl (C=O) groups is 1. The third-order valence-electron chi connectivity index (χ3n) is 2.56. The number of amides is 1. The van der Waals surface area contributed by atoms with Crippen molar-refractivity contribution in [3.05, 3.63) is 0 Å². The molecule has 2 rings (SSSR count). The van der Waals surface area contributed by atoms with Crippen molar-refractivity contribution in [2.75, 3.05) is 12.3 Å². The molecular formula is C8H14N2OS. The van der Waals surface area contributed by atoms with Crippen LogP contribution >= 0.6 is 11.8 Å².